The fourth-order valence-corrected chi connectivity index (χ4v) is 2.78. The third-order valence-corrected chi connectivity index (χ3v) is 3.88. The fourth-order valence-electron chi connectivity index (χ4n) is 2.78. The molecule has 2 rings (SSSR count). The van der Waals surface area contributed by atoms with Crippen LogP contribution in [-0.4, -0.2) is 36.1 Å². The molecule has 2 unspecified atom stereocenters. The average Bonchev–Trinajstić information content (AvgIpc) is 2.99. The smallest absolute Gasteiger partial charge is 0.0209 e. The molecule has 0 radical (unpaired) electrons. The van der Waals surface area contributed by atoms with Crippen molar-refractivity contribution in [3.63, 3.8) is 0 Å². The van der Waals surface area contributed by atoms with E-state index in [2.05, 4.69) is 24.1 Å². The van der Waals surface area contributed by atoms with Crippen molar-refractivity contribution in [1.29, 1.82) is 0 Å². The third-order valence-electron chi connectivity index (χ3n) is 3.88. The van der Waals surface area contributed by atoms with Gasteiger partial charge in [-0.2, -0.15) is 0 Å². The largest absolute Gasteiger partial charge is 0.310 e. The highest BCUT2D eigenvalue weighted by atomic mass is 15.2. The molecule has 2 heteroatoms. The van der Waals surface area contributed by atoms with Gasteiger partial charge in [0.05, 0.1) is 0 Å². The molecule has 0 amide bonds. The zero-order chi connectivity index (χ0) is 10.7. The van der Waals surface area contributed by atoms with Crippen LogP contribution in [-0.2, 0) is 0 Å². The van der Waals surface area contributed by atoms with Crippen LogP contribution in [0.3, 0.4) is 0 Å². The van der Waals surface area contributed by atoms with Gasteiger partial charge in [-0.15, -0.1) is 0 Å². The summed E-state index contributed by atoms with van der Waals surface area (Å²) in [6, 6.07) is 2.50. The molecule has 1 aliphatic heterocycles. The predicted molar refractivity (Wildman–Crippen MR) is 65.1 cm³/mol. The number of likely N-dealkylation sites (tertiary alicyclic amines) is 1. The van der Waals surface area contributed by atoms with E-state index in [-0.39, 0.29) is 0 Å². The lowest BCUT2D eigenvalue weighted by atomic mass is 10.1. The molecule has 1 saturated carbocycles. The molecule has 0 aromatic carbocycles. The molecule has 1 N–H and O–H groups in total. The van der Waals surface area contributed by atoms with Crippen molar-refractivity contribution in [2.75, 3.05) is 13.1 Å². The van der Waals surface area contributed by atoms with Crippen molar-refractivity contribution in [3.8, 4) is 0 Å². The Morgan fingerprint density at radius 2 is 2.07 bits per heavy atom. The highest BCUT2D eigenvalue weighted by molar-refractivity contribution is 4.92. The van der Waals surface area contributed by atoms with E-state index < -0.39 is 0 Å². The summed E-state index contributed by atoms with van der Waals surface area (Å²) in [4.78, 5) is 2.69. The van der Waals surface area contributed by atoms with E-state index in [0.717, 1.165) is 18.1 Å². The molecule has 2 nitrogen and oxygen atoms in total. The van der Waals surface area contributed by atoms with Crippen molar-refractivity contribution in [1.82, 2.24) is 10.2 Å². The van der Waals surface area contributed by atoms with Crippen LogP contribution < -0.4 is 5.32 Å². The van der Waals surface area contributed by atoms with Crippen LogP contribution in [0, 0.1) is 0 Å². The van der Waals surface area contributed by atoms with Crippen molar-refractivity contribution < 1.29 is 0 Å². The number of nitrogens with one attached hydrogen (secondary N) is 1. The topological polar surface area (TPSA) is 15.3 Å². The van der Waals surface area contributed by atoms with Crippen molar-refractivity contribution >= 4 is 0 Å². The van der Waals surface area contributed by atoms with Crippen LogP contribution in [0.25, 0.3) is 0 Å². The summed E-state index contributed by atoms with van der Waals surface area (Å²) in [7, 11) is 0. The van der Waals surface area contributed by atoms with Gasteiger partial charge < -0.3 is 5.32 Å². The van der Waals surface area contributed by atoms with Gasteiger partial charge >= 0.3 is 0 Å². The molecule has 2 atom stereocenters. The Morgan fingerprint density at radius 3 is 2.67 bits per heavy atom. The first kappa shape index (κ1) is 11.4. The Bertz CT molecular complexity index is 189. The van der Waals surface area contributed by atoms with Gasteiger partial charge in [0.1, 0.15) is 0 Å². The second-order valence-electron chi connectivity index (χ2n) is 5.27. The lowest BCUT2D eigenvalue weighted by Crippen LogP contribution is -2.40. The molecule has 1 aliphatic carbocycles. The van der Waals surface area contributed by atoms with Crippen molar-refractivity contribution in [2.45, 2.75) is 70.5 Å². The Morgan fingerprint density at radius 1 is 1.27 bits per heavy atom. The first-order valence-electron chi connectivity index (χ1n) is 6.83. The van der Waals surface area contributed by atoms with Crippen LogP contribution in [0.5, 0.6) is 0 Å². The summed E-state index contributed by atoms with van der Waals surface area (Å²) >= 11 is 0. The molecule has 15 heavy (non-hydrogen) atoms. The maximum absolute atomic E-state index is 3.84. The minimum Gasteiger partial charge on any atom is -0.310 e. The first-order chi connectivity index (χ1) is 7.33. The Labute approximate surface area is 94.4 Å². The summed E-state index contributed by atoms with van der Waals surface area (Å²) < 4.78 is 0. The Hall–Kier alpha value is -0.0800. The molecule has 0 spiro atoms. The zero-order valence-corrected chi connectivity index (χ0v) is 10.3. The predicted octanol–water partition coefficient (Wildman–Crippen LogP) is 2.39. The quantitative estimate of drug-likeness (QED) is 0.724. The van der Waals surface area contributed by atoms with E-state index in [1.807, 2.05) is 0 Å². The molecule has 0 aromatic rings. The number of rotatable bonds is 6. The maximum Gasteiger partial charge on any atom is 0.0209 e. The van der Waals surface area contributed by atoms with E-state index in [4.69, 9.17) is 0 Å². The van der Waals surface area contributed by atoms with E-state index in [0.29, 0.717) is 0 Å². The van der Waals surface area contributed by atoms with Gasteiger partial charge in [0.2, 0.25) is 0 Å². The van der Waals surface area contributed by atoms with Gasteiger partial charge in [-0.25, -0.2) is 0 Å². The van der Waals surface area contributed by atoms with Crippen LogP contribution in [0.2, 0.25) is 0 Å². The third kappa shape index (κ3) is 3.18. The van der Waals surface area contributed by atoms with Crippen LogP contribution in [0.4, 0.5) is 0 Å². The highest BCUT2D eigenvalue weighted by Crippen LogP contribution is 2.29. The van der Waals surface area contributed by atoms with Crippen LogP contribution in [0.1, 0.15) is 52.4 Å². The van der Waals surface area contributed by atoms with Gasteiger partial charge in [0.15, 0.2) is 0 Å². The van der Waals surface area contributed by atoms with E-state index in [9.17, 15) is 0 Å². The normalized spacial score (nSPS) is 29.6. The molecular weight excluding hydrogens is 184 g/mol. The monoisotopic (exact) mass is 210 g/mol. The molecule has 2 aliphatic rings. The second kappa shape index (κ2) is 5.31. The second-order valence-corrected chi connectivity index (χ2v) is 5.27. The van der Waals surface area contributed by atoms with Crippen LogP contribution in [0.15, 0.2) is 0 Å². The fraction of sp³-hybridized carbons (Fsp3) is 1.00. The minimum absolute atomic E-state index is 0.763. The molecule has 0 bridgehead atoms. The Kier molecular flexibility index (Phi) is 4.04. The number of hydrogen-bond donors (Lipinski definition) is 1. The molecule has 1 heterocycles. The molecule has 2 fully saturated rings. The summed E-state index contributed by atoms with van der Waals surface area (Å²) in [5.74, 6) is 0. The summed E-state index contributed by atoms with van der Waals surface area (Å²) in [6.07, 6.45) is 8.23. The van der Waals surface area contributed by atoms with Crippen LogP contribution >= 0.6 is 0 Å². The van der Waals surface area contributed by atoms with E-state index >= 15 is 0 Å². The summed E-state index contributed by atoms with van der Waals surface area (Å²) in [5, 5.41) is 3.84. The van der Waals surface area contributed by atoms with Gasteiger partial charge in [-0.3, -0.25) is 4.90 Å². The summed E-state index contributed by atoms with van der Waals surface area (Å²) in [6.45, 7) is 7.24. The standard InChI is InChI=1S/C13H26N2/c1-3-5-11(4-2)14-12-8-9-15(10-12)13-6-7-13/h11-14H,3-10H2,1-2H3. The lowest BCUT2D eigenvalue weighted by Gasteiger charge is -2.22. The van der Waals surface area contributed by atoms with E-state index in [1.165, 1.54) is 51.6 Å². The number of hydrogen-bond acceptors (Lipinski definition) is 2. The molecule has 1 saturated heterocycles. The molecule has 88 valence electrons. The minimum atomic E-state index is 0.763. The lowest BCUT2D eigenvalue weighted by molar-refractivity contribution is 0.308. The first-order valence-corrected chi connectivity index (χ1v) is 6.83. The highest BCUT2D eigenvalue weighted by Gasteiger charge is 2.34. The number of nitrogens with zero attached hydrogens (tertiary/aromatic N) is 1. The van der Waals surface area contributed by atoms with Crippen molar-refractivity contribution in [3.05, 3.63) is 0 Å². The Balaban J connectivity index is 1.70. The average molecular weight is 210 g/mol. The summed E-state index contributed by atoms with van der Waals surface area (Å²) in [5.41, 5.74) is 0. The SMILES string of the molecule is CCCC(CC)NC1CCN(C2CC2)C1. The van der Waals surface area contributed by atoms with Crippen molar-refractivity contribution in [2.24, 2.45) is 0 Å². The zero-order valence-electron chi connectivity index (χ0n) is 10.3. The van der Waals surface area contributed by atoms with Gasteiger partial charge in [-0.05, 0) is 32.1 Å². The van der Waals surface area contributed by atoms with Gasteiger partial charge in [0.25, 0.3) is 0 Å². The maximum atomic E-state index is 3.84. The molecule has 0 aromatic heterocycles. The van der Waals surface area contributed by atoms with E-state index in [1.54, 1.807) is 0 Å². The van der Waals surface area contributed by atoms with Gasteiger partial charge in [-0.1, -0.05) is 20.3 Å². The molecular formula is C13H26N2. The van der Waals surface area contributed by atoms with Gasteiger partial charge in [0, 0.05) is 31.2 Å².